The number of hydrogen-bond donors (Lipinski definition) is 5. The van der Waals surface area contributed by atoms with Crippen molar-refractivity contribution in [1.29, 1.82) is 0 Å². The molecule has 0 saturated carbocycles. The van der Waals surface area contributed by atoms with Crippen LogP contribution in [0.2, 0.25) is 0 Å². The maximum absolute atomic E-state index is 5.40. The van der Waals surface area contributed by atoms with Gasteiger partial charge in [0, 0.05) is 5.39 Å². The molecule has 2 aromatic rings. The number of nitrogens with one attached hydrogen (secondary N) is 3. The maximum atomic E-state index is 5.40. The highest BCUT2D eigenvalue weighted by Crippen LogP contribution is 2.20. The van der Waals surface area contributed by atoms with E-state index >= 15 is 0 Å². The zero-order valence-electron chi connectivity index (χ0n) is 8.77. The Balaban J connectivity index is 2.41. The third kappa shape index (κ3) is 2.49. The number of nitrogens with two attached hydrogens (primary N) is 2. The maximum Gasteiger partial charge on any atom is 0.244 e. The van der Waals surface area contributed by atoms with E-state index in [9.17, 15) is 0 Å². The number of nitrogen functional groups attached to an aromatic ring is 1. The lowest BCUT2D eigenvalue weighted by molar-refractivity contribution is 1.04. The summed E-state index contributed by atoms with van der Waals surface area (Å²) in [7, 11) is 0. The first-order chi connectivity index (χ1) is 8.20. The molecule has 8 heteroatoms. The number of aromatic nitrogens is 2. The summed E-state index contributed by atoms with van der Waals surface area (Å²) in [6, 6.07) is 7.48. The van der Waals surface area contributed by atoms with Crippen LogP contribution in [0.3, 0.4) is 0 Å². The minimum absolute atomic E-state index is 0.101. The molecule has 7 nitrogen and oxygen atoms in total. The molecule has 0 aliphatic heterocycles. The first kappa shape index (κ1) is 11.3. The van der Waals surface area contributed by atoms with E-state index in [0.717, 1.165) is 10.9 Å². The number of thiocarbonyl (C=S) groups is 1. The molecule has 1 aromatic carbocycles. The third-order valence-electron chi connectivity index (χ3n) is 2.04. The van der Waals surface area contributed by atoms with Gasteiger partial charge in [0.15, 0.2) is 10.9 Å². The van der Waals surface area contributed by atoms with Crippen molar-refractivity contribution in [2.75, 3.05) is 10.9 Å². The van der Waals surface area contributed by atoms with Gasteiger partial charge in [-0.15, -0.1) is 0 Å². The van der Waals surface area contributed by atoms with E-state index < -0.39 is 0 Å². The van der Waals surface area contributed by atoms with Gasteiger partial charge in [-0.05, 0) is 24.4 Å². The highest BCUT2D eigenvalue weighted by molar-refractivity contribution is 7.80. The van der Waals surface area contributed by atoms with Gasteiger partial charge < -0.3 is 11.2 Å². The molecule has 0 unspecified atom stereocenters. The van der Waals surface area contributed by atoms with Gasteiger partial charge in [-0.25, -0.2) is 10.8 Å². The van der Waals surface area contributed by atoms with Crippen molar-refractivity contribution in [3.05, 3.63) is 24.3 Å². The van der Waals surface area contributed by atoms with Gasteiger partial charge in [-0.2, -0.15) is 4.98 Å². The van der Waals surface area contributed by atoms with Gasteiger partial charge >= 0.3 is 0 Å². The Bertz CT molecular complexity index is 556. The van der Waals surface area contributed by atoms with E-state index in [4.69, 9.17) is 11.6 Å². The van der Waals surface area contributed by atoms with E-state index in [0.29, 0.717) is 11.8 Å². The van der Waals surface area contributed by atoms with Crippen LogP contribution in [0.4, 0.5) is 11.8 Å². The van der Waals surface area contributed by atoms with E-state index in [-0.39, 0.29) is 5.11 Å². The third-order valence-corrected chi connectivity index (χ3v) is 2.14. The molecule has 88 valence electrons. The van der Waals surface area contributed by atoms with Crippen molar-refractivity contribution < 1.29 is 0 Å². The predicted molar refractivity (Wildman–Crippen MR) is 70.9 cm³/mol. The quantitative estimate of drug-likeness (QED) is 0.295. The summed E-state index contributed by atoms with van der Waals surface area (Å²) in [5.74, 6) is 6.24. The van der Waals surface area contributed by atoms with Crippen LogP contribution in [-0.2, 0) is 0 Å². The van der Waals surface area contributed by atoms with Gasteiger partial charge in [0.05, 0.1) is 5.52 Å². The first-order valence-corrected chi connectivity index (χ1v) is 5.16. The molecule has 7 N–H and O–H groups in total. The largest absolute Gasteiger partial charge is 0.375 e. The molecule has 0 amide bonds. The smallest absolute Gasteiger partial charge is 0.244 e. The van der Waals surface area contributed by atoms with Crippen molar-refractivity contribution in [3.63, 3.8) is 0 Å². The van der Waals surface area contributed by atoms with Crippen LogP contribution in [0.25, 0.3) is 10.9 Å². The Morgan fingerprint density at radius 3 is 2.71 bits per heavy atom. The fourth-order valence-electron chi connectivity index (χ4n) is 1.36. The van der Waals surface area contributed by atoms with Crippen LogP contribution in [0, 0.1) is 0 Å². The summed E-state index contributed by atoms with van der Waals surface area (Å²) in [6.45, 7) is 0. The van der Waals surface area contributed by atoms with Gasteiger partial charge in [0.1, 0.15) is 0 Å². The first-order valence-electron chi connectivity index (χ1n) is 4.75. The van der Waals surface area contributed by atoms with Crippen LogP contribution in [0.1, 0.15) is 0 Å². The second kappa shape index (κ2) is 4.76. The monoisotopic (exact) mass is 249 g/mol. The number of anilines is 2. The van der Waals surface area contributed by atoms with Crippen LogP contribution < -0.4 is 27.9 Å². The zero-order chi connectivity index (χ0) is 12.3. The molecule has 2 rings (SSSR count). The van der Waals surface area contributed by atoms with Crippen LogP contribution in [-0.4, -0.2) is 15.1 Å². The summed E-state index contributed by atoms with van der Waals surface area (Å²) in [4.78, 5) is 8.42. The van der Waals surface area contributed by atoms with Gasteiger partial charge in [0.2, 0.25) is 5.95 Å². The number of benzene rings is 1. The highest BCUT2D eigenvalue weighted by atomic mass is 32.1. The summed E-state index contributed by atoms with van der Waals surface area (Å²) in [6.07, 6.45) is 0. The Kier molecular flexibility index (Phi) is 3.17. The van der Waals surface area contributed by atoms with Crippen LogP contribution in [0.5, 0.6) is 0 Å². The van der Waals surface area contributed by atoms with E-state index in [1.54, 1.807) is 0 Å². The van der Waals surface area contributed by atoms with Crippen molar-refractivity contribution >= 4 is 40.0 Å². The summed E-state index contributed by atoms with van der Waals surface area (Å²) in [5, 5.41) is 0.930. The lowest BCUT2D eigenvalue weighted by Gasteiger charge is -2.09. The summed E-state index contributed by atoms with van der Waals surface area (Å²) >= 11 is 4.66. The Labute approximate surface area is 103 Å². The Hall–Kier alpha value is -2.19. The minimum Gasteiger partial charge on any atom is -0.375 e. The number of nitrogens with zero attached hydrogens (tertiary/aromatic N) is 2. The number of fused-ring (bicyclic) bond motifs is 1. The molecule has 1 heterocycles. The number of hydrogen-bond acceptors (Lipinski definition) is 6. The van der Waals surface area contributed by atoms with Gasteiger partial charge in [0.25, 0.3) is 0 Å². The molecule has 0 fully saturated rings. The van der Waals surface area contributed by atoms with Crippen LogP contribution in [0.15, 0.2) is 24.3 Å². The molecule has 0 aliphatic rings. The highest BCUT2D eigenvalue weighted by Gasteiger charge is 2.05. The number of hydrazine groups is 2. The molecule has 1 aromatic heterocycles. The average Bonchev–Trinajstić information content (AvgIpc) is 2.35. The molecule has 17 heavy (non-hydrogen) atoms. The lowest BCUT2D eigenvalue weighted by atomic mass is 10.2. The predicted octanol–water partition coefficient (Wildman–Crippen LogP) is 0.0755. The second-order valence-corrected chi connectivity index (χ2v) is 3.61. The molecule has 0 radical (unpaired) electrons. The molecule has 0 bridgehead atoms. The molecular formula is C9H11N7S. The number of para-hydroxylation sites is 1. The normalized spacial score (nSPS) is 9.94. The standard InChI is InChI=1S/C9H11N7S/c10-8(17)15-16-9-12-6-4-2-1-3-5(6)7(13-9)14-11/h1-4H,11H2,(H3,10,15,17)(H2,12,13,14,16). The van der Waals surface area contributed by atoms with E-state index in [1.165, 1.54) is 0 Å². The fraction of sp³-hybridized carbons (Fsp3) is 0. The summed E-state index contributed by atoms with van der Waals surface area (Å²) < 4.78 is 0. The molecule has 0 aliphatic carbocycles. The lowest BCUT2D eigenvalue weighted by Crippen LogP contribution is -2.34. The topological polar surface area (TPSA) is 114 Å². The van der Waals surface area contributed by atoms with Crippen molar-refractivity contribution in [2.45, 2.75) is 0 Å². The van der Waals surface area contributed by atoms with E-state index in [2.05, 4.69) is 38.5 Å². The fourth-order valence-corrected chi connectivity index (χ4v) is 1.41. The molecule has 0 saturated heterocycles. The number of rotatable bonds is 3. The Morgan fingerprint density at radius 1 is 1.24 bits per heavy atom. The van der Waals surface area contributed by atoms with Crippen molar-refractivity contribution in [1.82, 2.24) is 15.4 Å². The molecular weight excluding hydrogens is 238 g/mol. The molecule has 0 atom stereocenters. The van der Waals surface area contributed by atoms with Gasteiger partial charge in [-0.1, -0.05) is 12.1 Å². The SMILES string of the molecule is NNc1nc(NNC(N)=S)nc2ccccc12. The van der Waals surface area contributed by atoms with Crippen LogP contribution >= 0.6 is 12.2 Å². The summed E-state index contributed by atoms with van der Waals surface area (Å²) in [5.41, 5.74) is 13.8. The van der Waals surface area contributed by atoms with E-state index in [1.807, 2.05) is 24.3 Å². The minimum atomic E-state index is 0.101. The Morgan fingerprint density at radius 2 is 2.00 bits per heavy atom. The zero-order valence-corrected chi connectivity index (χ0v) is 9.58. The van der Waals surface area contributed by atoms with Crippen molar-refractivity contribution in [2.24, 2.45) is 11.6 Å². The second-order valence-electron chi connectivity index (χ2n) is 3.17. The molecule has 0 spiro atoms. The van der Waals surface area contributed by atoms with Gasteiger partial charge in [-0.3, -0.25) is 10.9 Å². The average molecular weight is 249 g/mol. The van der Waals surface area contributed by atoms with Crippen molar-refractivity contribution in [3.8, 4) is 0 Å².